The lowest BCUT2D eigenvalue weighted by atomic mass is 10.1. The quantitative estimate of drug-likeness (QED) is 0.894. The molecule has 100 valence electrons. The molecule has 0 unspecified atom stereocenters. The number of hydrogen-bond acceptors (Lipinski definition) is 4. The zero-order chi connectivity index (χ0) is 13.7. The number of methoxy groups -OCH3 is 1. The summed E-state index contributed by atoms with van der Waals surface area (Å²) in [6, 6.07) is 11.1. The Balaban J connectivity index is 2.07. The van der Waals surface area contributed by atoms with Crippen molar-refractivity contribution < 1.29 is 14.1 Å². The van der Waals surface area contributed by atoms with Crippen molar-refractivity contribution in [2.24, 2.45) is 0 Å². The van der Waals surface area contributed by atoms with Crippen LogP contribution in [0.4, 0.5) is 0 Å². The highest BCUT2D eigenvalue weighted by atomic mass is 16.5. The van der Waals surface area contributed by atoms with Crippen LogP contribution >= 0.6 is 0 Å². The molecule has 1 aromatic heterocycles. The smallest absolute Gasteiger partial charge is 0.273 e. The third-order valence-corrected chi connectivity index (χ3v) is 2.60. The first-order chi connectivity index (χ1) is 9.20. The van der Waals surface area contributed by atoms with Gasteiger partial charge in [-0.05, 0) is 6.92 Å². The molecule has 5 heteroatoms. The van der Waals surface area contributed by atoms with Gasteiger partial charge >= 0.3 is 0 Å². The lowest BCUT2D eigenvalue weighted by Gasteiger charge is -2.10. The predicted octanol–water partition coefficient (Wildman–Crippen LogP) is 2.11. The van der Waals surface area contributed by atoms with Gasteiger partial charge in [0.25, 0.3) is 5.91 Å². The SMILES string of the molecule is COC[C@@H](C)NC(=O)c1cc(-c2ccccc2)on1. The van der Waals surface area contributed by atoms with Crippen molar-refractivity contribution in [3.05, 3.63) is 42.1 Å². The first kappa shape index (κ1) is 13.3. The van der Waals surface area contributed by atoms with E-state index in [0.29, 0.717) is 12.4 Å². The van der Waals surface area contributed by atoms with Gasteiger partial charge in [0.05, 0.1) is 6.61 Å². The lowest BCUT2D eigenvalue weighted by Crippen LogP contribution is -2.35. The molecule has 2 aromatic rings. The Hall–Kier alpha value is -2.14. The molecule has 0 saturated carbocycles. The molecule has 1 atom stereocenters. The van der Waals surface area contributed by atoms with Gasteiger partial charge in [0.15, 0.2) is 11.5 Å². The monoisotopic (exact) mass is 260 g/mol. The standard InChI is InChI=1S/C14H16N2O3/c1-10(9-18-2)15-14(17)12-8-13(19-16-12)11-6-4-3-5-7-11/h3-8,10H,9H2,1-2H3,(H,15,17)/t10-/m1/s1. The maximum absolute atomic E-state index is 11.9. The van der Waals surface area contributed by atoms with Gasteiger partial charge in [-0.3, -0.25) is 4.79 Å². The number of benzene rings is 1. The highest BCUT2D eigenvalue weighted by Crippen LogP contribution is 2.19. The third kappa shape index (κ3) is 3.42. The Morgan fingerprint density at radius 1 is 1.42 bits per heavy atom. The van der Waals surface area contributed by atoms with Crippen molar-refractivity contribution in [1.29, 1.82) is 0 Å². The minimum Gasteiger partial charge on any atom is -0.383 e. The van der Waals surface area contributed by atoms with Crippen LogP contribution in [0.2, 0.25) is 0 Å². The Bertz CT molecular complexity index is 537. The number of carbonyl (C=O) groups excluding carboxylic acids is 1. The van der Waals surface area contributed by atoms with Crippen LogP contribution in [-0.2, 0) is 4.74 Å². The average molecular weight is 260 g/mol. The van der Waals surface area contributed by atoms with E-state index in [-0.39, 0.29) is 17.6 Å². The predicted molar refractivity (Wildman–Crippen MR) is 70.7 cm³/mol. The van der Waals surface area contributed by atoms with Gasteiger partial charge in [-0.2, -0.15) is 0 Å². The zero-order valence-corrected chi connectivity index (χ0v) is 10.9. The van der Waals surface area contributed by atoms with E-state index in [1.165, 1.54) is 0 Å². The molecule has 0 aliphatic rings. The van der Waals surface area contributed by atoms with E-state index < -0.39 is 0 Å². The summed E-state index contributed by atoms with van der Waals surface area (Å²) < 4.78 is 10.1. The molecule has 0 spiro atoms. The van der Waals surface area contributed by atoms with Crippen molar-refractivity contribution in [3.8, 4) is 11.3 Å². The van der Waals surface area contributed by atoms with E-state index in [1.807, 2.05) is 37.3 Å². The van der Waals surface area contributed by atoms with Gasteiger partial charge in [0.2, 0.25) is 0 Å². The molecule has 2 rings (SSSR count). The first-order valence-electron chi connectivity index (χ1n) is 6.02. The fourth-order valence-corrected chi connectivity index (χ4v) is 1.71. The van der Waals surface area contributed by atoms with Crippen LogP contribution in [0.1, 0.15) is 17.4 Å². The minimum absolute atomic E-state index is 0.0747. The maximum atomic E-state index is 11.9. The number of amides is 1. The molecule has 19 heavy (non-hydrogen) atoms. The Labute approximate surface area is 111 Å². The second kappa shape index (κ2) is 6.15. The normalized spacial score (nSPS) is 12.1. The molecule has 0 radical (unpaired) electrons. The summed E-state index contributed by atoms with van der Waals surface area (Å²) in [6.07, 6.45) is 0. The van der Waals surface area contributed by atoms with Crippen LogP contribution in [0.15, 0.2) is 40.9 Å². The van der Waals surface area contributed by atoms with Gasteiger partial charge in [-0.1, -0.05) is 35.5 Å². The third-order valence-electron chi connectivity index (χ3n) is 2.60. The molecule has 1 amide bonds. The molecule has 0 aliphatic carbocycles. The van der Waals surface area contributed by atoms with Crippen LogP contribution in [0.25, 0.3) is 11.3 Å². The van der Waals surface area contributed by atoms with Crippen LogP contribution in [0.5, 0.6) is 0 Å². The van der Waals surface area contributed by atoms with Crippen molar-refractivity contribution in [2.75, 3.05) is 13.7 Å². The number of rotatable bonds is 5. The van der Waals surface area contributed by atoms with Gasteiger partial charge in [0, 0.05) is 24.8 Å². The summed E-state index contributed by atoms with van der Waals surface area (Å²) >= 11 is 0. The summed E-state index contributed by atoms with van der Waals surface area (Å²) in [5, 5.41) is 6.55. The highest BCUT2D eigenvalue weighted by Gasteiger charge is 2.15. The fourth-order valence-electron chi connectivity index (χ4n) is 1.71. The zero-order valence-electron chi connectivity index (χ0n) is 10.9. The molecule has 0 saturated heterocycles. The summed E-state index contributed by atoms with van der Waals surface area (Å²) in [5.41, 5.74) is 1.15. The van der Waals surface area contributed by atoms with Crippen molar-refractivity contribution in [1.82, 2.24) is 10.5 Å². The molecular formula is C14H16N2O3. The number of nitrogens with one attached hydrogen (secondary N) is 1. The van der Waals surface area contributed by atoms with E-state index in [0.717, 1.165) is 5.56 Å². The first-order valence-corrected chi connectivity index (χ1v) is 6.02. The van der Waals surface area contributed by atoms with Crippen molar-refractivity contribution in [2.45, 2.75) is 13.0 Å². The van der Waals surface area contributed by atoms with E-state index in [2.05, 4.69) is 10.5 Å². The van der Waals surface area contributed by atoms with Gasteiger partial charge in [-0.15, -0.1) is 0 Å². The molecule has 1 heterocycles. The Morgan fingerprint density at radius 3 is 2.84 bits per heavy atom. The van der Waals surface area contributed by atoms with Crippen LogP contribution in [-0.4, -0.2) is 30.8 Å². The van der Waals surface area contributed by atoms with Crippen LogP contribution in [0, 0.1) is 0 Å². The molecule has 0 bridgehead atoms. The van der Waals surface area contributed by atoms with E-state index in [4.69, 9.17) is 9.26 Å². The molecule has 1 aromatic carbocycles. The second-order valence-corrected chi connectivity index (χ2v) is 4.27. The topological polar surface area (TPSA) is 64.4 Å². The van der Waals surface area contributed by atoms with Crippen molar-refractivity contribution >= 4 is 5.91 Å². The largest absolute Gasteiger partial charge is 0.383 e. The maximum Gasteiger partial charge on any atom is 0.273 e. The summed E-state index contributed by atoms with van der Waals surface area (Å²) in [5.74, 6) is 0.306. The molecule has 0 fully saturated rings. The van der Waals surface area contributed by atoms with Gasteiger partial charge in [0.1, 0.15) is 0 Å². The highest BCUT2D eigenvalue weighted by molar-refractivity contribution is 5.93. The molecule has 0 aliphatic heterocycles. The van der Waals surface area contributed by atoms with Gasteiger partial charge in [-0.25, -0.2) is 0 Å². The molecule has 1 N–H and O–H groups in total. The van der Waals surface area contributed by atoms with Crippen LogP contribution in [0.3, 0.4) is 0 Å². The van der Waals surface area contributed by atoms with E-state index >= 15 is 0 Å². The summed E-state index contributed by atoms with van der Waals surface area (Å²) in [7, 11) is 1.59. The minimum atomic E-state index is -0.268. The Kier molecular flexibility index (Phi) is 4.30. The average Bonchev–Trinajstić information content (AvgIpc) is 2.89. The number of carbonyl (C=O) groups is 1. The Morgan fingerprint density at radius 2 is 2.16 bits per heavy atom. The van der Waals surface area contributed by atoms with E-state index in [1.54, 1.807) is 13.2 Å². The van der Waals surface area contributed by atoms with Gasteiger partial charge < -0.3 is 14.6 Å². The lowest BCUT2D eigenvalue weighted by molar-refractivity contribution is 0.0896. The number of ether oxygens (including phenoxy) is 1. The fraction of sp³-hybridized carbons (Fsp3) is 0.286. The number of nitrogens with zero attached hydrogens (tertiary/aromatic N) is 1. The van der Waals surface area contributed by atoms with Crippen molar-refractivity contribution in [3.63, 3.8) is 0 Å². The summed E-state index contributed by atoms with van der Waals surface area (Å²) in [4.78, 5) is 11.9. The number of aromatic nitrogens is 1. The number of hydrogen-bond donors (Lipinski definition) is 1. The molecule has 5 nitrogen and oxygen atoms in total. The molecular weight excluding hydrogens is 244 g/mol. The summed E-state index contributed by atoms with van der Waals surface area (Å²) in [6.45, 7) is 2.31. The van der Waals surface area contributed by atoms with Crippen LogP contribution < -0.4 is 5.32 Å². The van der Waals surface area contributed by atoms with E-state index in [9.17, 15) is 4.79 Å². The second-order valence-electron chi connectivity index (χ2n) is 4.27.